The van der Waals surface area contributed by atoms with E-state index >= 15 is 0 Å². The lowest BCUT2D eigenvalue weighted by molar-refractivity contribution is -0.122. The van der Waals surface area contributed by atoms with Gasteiger partial charge in [-0.15, -0.1) is 0 Å². The highest BCUT2D eigenvalue weighted by molar-refractivity contribution is 5.84. The molecule has 3 amide bonds. The number of likely N-dealkylation sites (N-methyl/N-ethyl adjacent to an activating group) is 1. The van der Waals surface area contributed by atoms with Crippen LogP contribution in [0.25, 0.3) is 0 Å². The van der Waals surface area contributed by atoms with Gasteiger partial charge in [-0.2, -0.15) is 0 Å². The minimum absolute atomic E-state index is 0.0408. The van der Waals surface area contributed by atoms with Crippen molar-refractivity contribution < 1.29 is 18.4 Å². The highest BCUT2D eigenvalue weighted by atomic mass is 19.1. The lowest BCUT2D eigenvalue weighted by Crippen LogP contribution is -2.50. The van der Waals surface area contributed by atoms with E-state index in [9.17, 15) is 18.4 Å². The van der Waals surface area contributed by atoms with Gasteiger partial charge in [0, 0.05) is 25.2 Å². The molecule has 1 heterocycles. The third kappa shape index (κ3) is 4.41. The summed E-state index contributed by atoms with van der Waals surface area (Å²) in [5.74, 6) is -1.67. The summed E-state index contributed by atoms with van der Waals surface area (Å²) >= 11 is 0. The Morgan fingerprint density at radius 3 is 2.62 bits per heavy atom. The molecule has 0 aliphatic carbocycles. The molecule has 1 aliphatic rings. The summed E-state index contributed by atoms with van der Waals surface area (Å²) in [5, 5.41) is 5.31. The van der Waals surface area contributed by atoms with Gasteiger partial charge in [-0.25, -0.2) is 13.6 Å². The molecule has 2 N–H and O–H groups in total. The van der Waals surface area contributed by atoms with Gasteiger partial charge in [-0.3, -0.25) is 4.79 Å². The third-order valence-corrected chi connectivity index (χ3v) is 3.95. The Hall–Kier alpha value is -2.22. The first-order valence-electron chi connectivity index (χ1n) is 7.80. The third-order valence-electron chi connectivity index (χ3n) is 3.95. The van der Waals surface area contributed by atoms with Crippen molar-refractivity contribution in [2.75, 3.05) is 40.3 Å². The molecule has 0 spiro atoms. The molecule has 1 saturated heterocycles. The zero-order chi connectivity index (χ0) is 17.7. The first kappa shape index (κ1) is 18.1. The van der Waals surface area contributed by atoms with E-state index in [1.165, 1.54) is 23.1 Å². The number of benzene rings is 1. The van der Waals surface area contributed by atoms with Crippen LogP contribution in [0, 0.1) is 11.6 Å². The van der Waals surface area contributed by atoms with Gasteiger partial charge in [-0.1, -0.05) is 6.07 Å². The van der Waals surface area contributed by atoms with E-state index in [-0.39, 0.29) is 30.6 Å². The second-order valence-electron chi connectivity index (χ2n) is 5.93. The maximum atomic E-state index is 14.0. The summed E-state index contributed by atoms with van der Waals surface area (Å²) in [7, 11) is 3.36. The molecule has 0 aromatic heterocycles. The fraction of sp³-hybridized carbons (Fsp3) is 0.500. The van der Waals surface area contributed by atoms with Gasteiger partial charge >= 0.3 is 6.03 Å². The van der Waals surface area contributed by atoms with Crippen molar-refractivity contribution in [1.82, 2.24) is 20.4 Å². The second-order valence-corrected chi connectivity index (χ2v) is 5.93. The fourth-order valence-electron chi connectivity index (χ4n) is 2.64. The van der Waals surface area contributed by atoms with E-state index in [0.29, 0.717) is 13.1 Å². The van der Waals surface area contributed by atoms with Crippen molar-refractivity contribution in [2.24, 2.45) is 0 Å². The quantitative estimate of drug-likeness (QED) is 0.815. The van der Waals surface area contributed by atoms with Gasteiger partial charge in [0.05, 0.1) is 6.04 Å². The minimum atomic E-state index is -0.654. The largest absolute Gasteiger partial charge is 0.353 e. The average molecular weight is 340 g/mol. The van der Waals surface area contributed by atoms with Gasteiger partial charge in [0.2, 0.25) is 5.91 Å². The number of nitrogens with zero attached hydrogens (tertiary/aromatic N) is 2. The number of urea groups is 1. The fourth-order valence-corrected chi connectivity index (χ4v) is 2.64. The summed E-state index contributed by atoms with van der Waals surface area (Å²) in [6.45, 7) is 1.08. The predicted molar refractivity (Wildman–Crippen MR) is 85.4 cm³/mol. The summed E-state index contributed by atoms with van der Waals surface area (Å²) in [5.41, 5.74) is -0.0847. The molecule has 24 heavy (non-hydrogen) atoms. The van der Waals surface area contributed by atoms with Crippen LogP contribution in [0.1, 0.15) is 18.0 Å². The molecule has 1 fully saturated rings. The van der Waals surface area contributed by atoms with Crippen LogP contribution in [0.3, 0.4) is 0 Å². The monoisotopic (exact) mass is 340 g/mol. The number of carbonyl (C=O) groups excluding carboxylic acids is 2. The Morgan fingerprint density at radius 1 is 1.38 bits per heavy atom. The normalized spacial score (nSPS) is 16.0. The van der Waals surface area contributed by atoms with Gasteiger partial charge in [-0.05, 0) is 32.6 Å². The number of carbonyl (C=O) groups is 2. The number of nitrogens with one attached hydrogen (secondary N) is 2. The predicted octanol–water partition coefficient (Wildman–Crippen LogP) is 1.10. The Labute approximate surface area is 139 Å². The molecule has 1 atom stereocenters. The second kappa shape index (κ2) is 8.05. The van der Waals surface area contributed by atoms with Crippen LogP contribution in [0.4, 0.5) is 13.6 Å². The SMILES string of the molecule is CN(C)[C@H](CNC(=O)CN1CCCNC1=O)c1c(F)cccc1F. The molecular formula is C16H22F2N4O2. The Bertz CT molecular complexity index is 589. The first-order valence-corrected chi connectivity index (χ1v) is 7.80. The van der Waals surface area contributed by atoms with Crippen LogP contribution >= 0.6 is 0 Å². The number of amides is 3. The summed E-state index contributed by atoms with van der Waals surface area (Å²) in [4.78, 5) is 26.7. The zero-order valence-corrected chi connectivity index (χ0v) is 13.8. The Morgan fingerprint density at radius 2 is 2.04 bits per heavy atom. The molecule has 1 aromatic carbocycles. The van der Waals surface area contributed by atoms with E-state index < -0.39 is 17.7 Å². The van der Waals surface area contributed by atoms with Gasteiger partial charge in [0.1, 0.15) is 18.2 Å². The van der Waals surface area contributed by atoms with Crippen molar-refractivity contribution in [3.8, 4) is 0 Å². The number of rotatable bonds is 6. The Kier molecular flexibility index (Phi) is 6.08. The topological polar surface area (TPSA) is 64.7 Å². The maximum Gasteiger partial charge on any atom is 0.317 e. The number of halogens is 2. The molecule has 6 nitrogen and oxygen atoms in total. The molecule has 1 aliphatic heterocycles. The Balaban J connectivity index is 1.99. The van der Waals surface area contributed by atoms with Crippen molar-refractivity contribution in [1.29, 1.82) is 0 Å². The van der Waals surface area contributed by atoms with Gasteiger partial charge in [0.15, 0.2) is 0 Å². The van der Waals surface area contributed by atoms with Crippen LogP contribution in [-0.2, 0) is 4.79 Å². The van der Waals surface area contributed by atoms with Crippen LogP contribution < -0.4 is 10.6 Å². The summed E-state index contributed by atoms with van der Waals surface area (Å²) < 4.78 is 27.9. The van der Waals surface area contributed by atoms with Gasteiger partial charge in [0.25, 0.3) is 0 Å². The lowest BCUT2D eigenvalue weighted by Gasteiger charge is -2.28. The van der Waals surface area contributed by atoms with Crippen LogP contribution in [0.15, 0.2) is 18.2 Å². The standard InChI is InChI=1S/C16H22F2N4O2/c1-21(2)13(15-11(17)5-3-6-12(15)18)9-20-14(23)10-22-8-4-7-19-16(22)24/h3,5-6,13H,4,7-10H2,1-2H3,(H,19,24)(H,20,23)/t13-/m1/s1. The molecule has 1 aromatic rings. The molecule has 0 saturated carbocycles. The summed E-state index contributed by atoms with van der Waals surface area (Å²) in [6.07, 6.45) is 0.778. The smallest absolute Gasteiger partial charge is 0.317 e. The molecular weight excluding hydrogens is 318 g/mol. The highest BCUT2D eigenvalue weighted by Gasteiger charge is 2.24. The molecule has 132 valence electrons. The van der Waals surface area contributed by atoms with E-state index in [0.717, 1.165) is 6.42 Å². The van der Waals surface area contributed by atoms with E-state index in [2.05, 4.69) is 10.6 Å². The van der Waals surface area contributed by atoms with Crippen LogP contribution in [0.2, 0.25) is 0 Å². The highest BCUT2D eigenvalue weighted by Crippen LogP contribution is 2.23. The maximum absolute atomic E-state index is 14.0. The molecule has 0 unspecified atom stereocenters. The van der Waals surface area contributed by atoms with Crippen molar-refractivity contribution in [3.63, 3.8) is 0 Å². The van der Waals surface area contributed by atoms with Crippen LogP contribution in [0.5, 0.6) is 0 Å². The van der Waals surface area contributed by atoms with E-state index in [1.54, 1.807) is 19.0 Å². The summed E-state index contributed by atoms with van der Waals surface area (Å²) in [6, 6.07) is 2.75. The minimum Gasteiger partial charge on any atom is -0.353 e. The van der Waals surface area contributed by atoms with Crippen LogP contribution in [-0.4, -0.2) is 62.0 Å². The first-order chi connectivity index (χ1) is 11.4. The van der Waals surface area contributed by atoms with Gasteiger partial charge < -0.3 is 20.4 Å². The average Bonchev–Trinajstić information content (AvgIpc) is 2.52. The van der Waals surface area contributed by atoms with Crippen molar-refractivity contribution in [2.45, 2.75) is 12.5 Å². The van der Waals surface area contributed by atoms with E-state index in [4.69, 9.17) is 0 Å². The van der Waals surface area contributed by atoms with Crippen molar-refractivity contribution in [3.05, 3.63) is 35.4 Å². The lowest BCUT2D eigenvalue weighted by atomic mass is 10.0. The van der Waals surface area contributed by atoms with E-state index in [1.807, 2.05) is 0 Å². The molecule has 0 radical (unpaired) electrons. The molecule has 0 bridgehead atoms. The molecule has 2 rings (SSSR count). The van der Waals surface area contributed by atoms with Crippen molar-refractivity contribution >= 4 is 11.9 Å². The number of hydrogen-bond donors (Lipinski definition) is 2. The zero-order valence-electron chi connectivity index (χ0n) is 13.8. The molecule has 8 heteroatoms. The number of hydrogen-bond acceptors (Lipinski definition) is 3.